The van der Waals surface area contributed by atoms with E-state index in [1.165, 1.54) is 0 Å². The lowest BCUT2D eigenvalue weighted by Crippen LogP contribution is -2.40. The van der Waals surface area contributed by atoms with Crippen molar-refractivity contribution in [1.29, 1.82) is 0 Å². The van der Waals surface area contributed by atoms with Gasteiger partial charge in [-0.25, -0.2) is 4.98 Å². The van der Waals surface area contributed by atoms with Gasteiger partial charge >= 0.3 is 0 Å². The number of ether oxygens (including phenoxy) is 1. The Balaban J connectivity index is 1.60. The molecule has 4 aromatic rings. The van der Waals surface area contributed by atoms with Crippen molar-refractivity contribution in [2.24, 2.45) is 5.92 Å². The van der Waals surface area contributed by atoms with Gasteiger partial charge in [0.1, 0.15) is 12.3 Å². The lowest BCUT2D eigenvalue weighted by Gasteiger charge is -2.24. The number of nitrogens with one attached hydrogen (secondary N) is 1. The van der Waals surface area contributed by atoms with Crippen molar-refractivity contribution in [3.05, 3.63) is 96.7 Å². The molecule has 0 saturated heterocycles. The monoisotopic (exact) mass is 482 g/mol. The molecule has 1 N–H and O–H groups in total. The lowest BCUT2D eigenvalue weighted by molar-refractivity contribution is -0.138. The number of amides is 2. The third kappa shape index (κ3) is 5.99. The van der Waals surface area contributed by atoms with E-state index in [1.807, 2.05) is 110 Å². The van der Waals surface area contributed by atoms with Crippen LogP contribution in [0.3, 0.4) is 0 Å². The number of rotatable bonds is 9. The molecule has 0 aliphatic carbocycles. The van der Waals surface area contributed by atoms with Gasteiger partial charge in [-0.15, -0.1) is 0 Å². The van der Waals surface area contributed by atoms with Crippen LogP contribution in [0.4, 0.5) is 5.95 Å². The number of hydrogen-bond acceptors (Lipinski definition) is 4. The number of carbonyl (C=O) groups is 2. The highest BCUT2D eigenvalue weighted by molar-refractivity contribution is 5.94. The molecule has 184 valence electrons. The highest BCUT2D eigenvalue weighted by atomic mass is 16.5. The Morgan fingerprint density at radius 2 is 1.58 bits per heavy atom. The first kappa shape index (κ1) is 24.7. The van der Waals surface area contributed by atoms with E-state index >= 15 is 0 Å². The second kappa shape index (κ2) is 11.4. The molecule has 0 aliphatic rings. The van der Waals surface area contributed by atoms with Gasteiger partial charge in [0.25, 0.3) is 0 Å². The van der Waals surface area contributed by atoms with Crippen LogP contribution in [0.25, 0.3) is 16.9 Å². The molecule has 7 nitrogen and oxygen atoms in total. The number of imidazole rings is 1. The Hall–Kier alpha value is -4.39. The molecule has 1 aromatic heterocycles. The van der Waals surface area contributed by atoms with Crippen LogP contribution in [0.5, 0.6) is 5.75 Å². The lowest BCUT2D eigenvalue weighted by atomic mass is 10.1. The summed E-state index contributed by atoms with van der Waals surface area (Å²) in [5, 5.41) is 2.93. The van der Waals surface area contributed by atoms with E-state index in [0.717, 1.165) is 22.6 Å². The van der Waals surface area contributed by atoms with Gasteiger partial charge in [-0.3, -0.25) is 19.5 Å². The smallest absolute Gasteiger partial charge is 0.246 e. The summed E-state index contributed by atoms with van der Waals surface area (Å²) in [6, 6.07) is 26.9. The van der Waals surface area contributed by atoms with Crippen molar-refractivity contribution in [3.63, 3.8) is 0 Å². The summed E-state index contributed by atoms with van der Waals surface area (Å²) in [5.74, 6) is 0.509. The Labute approximate surface area is 211 Å². The van der Waals surface area contributed by atoms with Crippen LogP contribution >= 0.6 is 0 Å². The normalized spacial score (nSPS) is 10.8. The maximum absolute atomic E-state index is 13.2. The molecule has 4 rings (SSSR count). The van der Waals surface area contributed by atoms with Gasteiger partial charge < -0.3 is 9.64 Å². The third-order valence-corrected chi connectivity index (χ3v) is 5.73. The summed E-state index contributed by atoms with van der Waals surface area (Å²) in [5.41, 5.74) is 3.42. The predicted octanol–water partition coefficient (Wildman–Crippen LogP) is 5.17. The van der Waals surface area contributed by atoms with Crippen LogP contribution < -0.4 is 10.1 Å². The number of carbonyl (C=O) groups excluding carboxylic acids is 2. The fourth-order valence-electron chi connectivity index (χ4n) is 3.87. The van der Waals surface area contributed by atoms with Crippen molar-refractivity contribution < 1.29 is 14.3 Å². The predicted molar refractivity (Wildman–Crippen MR) is 141 cm³/mol. The zero-order chi connectivity index (χ0) is 25.5. The fourth-order valence-corrected chi connectivity index (χ4v) is 3.87. The summed E-state index contributed by atoms with van der Waals surface area (Å²) in [7, 11) is 1.62. The van der Waals surface area contributed by atoms with Gasteiger partial charge in [0.05, 0.1) is 12.8 Å². The van der Waals surface area contributed by atoms with Crippen molar-refractivity contribution in [3.8, 4) is 22.7 Å². The Kier molecular flexibility index (Phi) is 7.80. The largest absolute Gasteiger partial charge is 0.497 e. The van der Waals surface area contributed by atoms with Crippen LogP contribution in [-0.2, 0) is 16.1 Å². The summed E-state index contributed by atoms with van der Waals surface area (Å²) < 4.78 is 7.09. The highest BCUT2D eigenvalue weighted by Gasteiger charge is 2.22. The molecule has 0 fully saturated rings. The SMILES string of the molecule is COc1ccc(-c2cn(-c3ccccc3)c(NC(=O)CN(Cc3ccccc3)C(=O)C(C)C)n2)cc1. The Morgan fingerprint density at radius 3 is 2.19 bits per heavy atom. The van der Waals surface area contributed by atoms with Gasteiger partial charge in [-0.05, 0) is 42.0 Å². The number of anilines is 1. The summed E-state index contributed by atoms with van der Waals surface area (Å²) in [6.45, 7) is 3.95. The third-order valence-electron chi connectivity index (χ3n) is 5.73. The van der Waals surface area contributed by atoms with E-state index < -0.39 is 0 Å². The van der Waals surface area contributed by atoms with Gasteiger partial charge in [0.2, 0.25) is 17.8 Å². The molecule has 0 spiro atoms. The quantitative estimate of drug-likeness (QED) is 0.357. The molecule has 0 aliphatic heterocycles. The van der Waals surface area contributed by atoms with Crippen LogP contribution in [0.1, 0.15) is 19.4 Å². The molecule has 0 radical (unpaired) electrons. The first-order valence-electron chi connectivity index (χ1n) is 11.9. The van der Waals surface area contributed by atoms with Gasteiger partial charge in [0, 0.05) is 29.9 Å². The van der Waals surface area contributed by atoms with E-state index in [2.05, 4.69) is 5.32 Å². The number of hydrogen-bond donors (Lipinski definition) is 1. The average Bonchev–Trinajstić information content (AvgIpc) is 3.32. The molecule has 0 unspecified atom stereocenters. The van der Waals surface area contributed by atoms with Crippen LogP contribution in [0.2, 0.25) is 0 Å². The number of aromatic nitrogens is 2. The number of para-hydroxylation sites is 1. The summed E-state index contributed by atoms with van der Waals surface area (Å²) >= 11 is 0. The van der Waals surface area contributed by atoms with Crippen LogP contribution in [-0.4, -0.2) is 39.9 Å². The molecular formula is C29H30N4O3. The maximum atomic E-state index is 13.2. The van der Waals surface area contributed by atoms with Gasteiger partial charge in [-0.1, -0.05) is 62.4 Å². The van der Waals surface area contributed by atoms with Crippen LogP contribution in [0, 0.1) is 5.92 Å². The first-order chi connectivity index (χ1) is 17.4. The minimum absolute atomic E-state index is 0.0779. The van der Waals surface area contributed by atoms with E-state index in [9.17, 15) is 9.59 Å². The van der Waals surface area contributed by atoms with Crippen molar-refractivity contribution >= 4 is 17.8 Å². The molecule has 0 bridgehead atoms. The number of benzene rings is 3. The second-order valence-corrected chi connectivity index (χ2v) is 8.77. The summed E-state index contributed by atoms with van der Waals surface area (Å²) in [6.07, 6.45) is 1.88. The molecule has 3 aromatic carbocycles. The van der Waals surface area contributed by atoms with Gasteiger partial charge in [0.15, 0.2) is 0 Å². The average molecular weight is 483 g/mol. The minimum Gasteiger partial charge on any atom is -0.497 e. The Morgan fingerprint density at radius 1 is 0.944 bits per heavy atom. The Bertz CT molecular complexity index is 1300. The molecule has 0 atom stereocenters. The highest BCUT2D eigenvalue weighted by Crippen LogP contribution is 2.26. The first-order valence-corrected chi connectivity index (χ1v) is 11.9. The maximum Gasteiger partial charge on any atom is 0.246 e. The van der Waals surface area contributed by atoms with Crippen molar-refractivity contribution in [2.75, 3.05) is 19.0 Å². The molecule has 36 heavy (non-hydrogen) atoms. The van der Waals surface area contributed by atoms with Crippen LogP contribution in [0.15, 0.2) is 91.1 Å². The zero-order valence-corrected chi connectivity index (χ0v) is 20.7. The van der Waals surface area contributed by atoms with E-state index in [0.29, 0.717) is 18.2 Å². The summed E-state index contributed by atoms with van der Waals surface area (Å²) in [4.78, 5) is 32.3. The number of methoxy groups -OCH3 is 1. The minimum atomic E-state index is -0.316. The number of nitrogens with zero attached hydrogens (tertiary/aromatic N) is 3. The molecule has 1 heterocycles. The standard InChI is InChI=1S/C29H30N4O3/c1-21(2)28(35)32(18-22-10-6-4-7-11-22)20-27(34)31-29-30-26(23-14-16-25(36-3)17-15-23)19-33(29)24-12-8-5-9-13-24/h4-17,19,21H,18,20H2,1-3H3,(H,30,31,34). The van der Waals surface area contributed by atoms with Crippen molar-refractivity contribution in [1.82, 2.24) is 14.5 Å². The second-order valence-electron chi connectivity index (χ2n) is 8.77. The van der Waals surface area contributed by atoms with Crippen molar-refractivity contribution in [2.45, 2.75) is 20.4 Å². The molecule has 0 saturated carbocycles. The van der Waals surface area contributed by atoms with E-state index in [-0.39, 0.29) is 24.3 Å². The van der Waals surface area contributed by atoms with Gasteiger partial charge in [-0.2, -0.15) is 0 Å². The molecular weight excluding hydrogens is 452 g/mol. The van der Waals surface area contributed by atoms with E-state index in [4.69, 9.17) is 9.72 Å². The van der Waals surface area contributed by atoms with E-state index in [1.54, 1.807) is 12.0 Å². The topological polar surface area (TPSA) is 76.5 Å². The zero-order valence-electron chi connectivity index (χ0n) is 20.7. The molecule has 2 amide bonds. The fraction of sp³-hybridized carbons (Fsp3) is 0.207. The molecule has 7 heteroatoms.